The van der Waals surface area contributed by atoms with Crippen LogP contribution in [-0.4, -0.2) is 62.6 Å². The third-order valence-corrected chi connectivity index (χ3v) is 8.09. The second-order valence-electron chi connectivity index (χ2n) is 9.84. The van der Waals surface area contributed by atoms with Gasteiger partial charge in [0.05, 0.1) is 28.8 Å². The first-order valence-electron chi connectivity index (χ1n) is 12.1. The van der Waals surface area contributed by atoms with Crippen LogP contribution < -0.4 is 9.47 Å². The highest BCUT2D eigenvalue weighted by Crippen LogP contribution is 2.40. The normalized spacial score (nSPS) is 13.4. The van der Waals surface area contributed by atoms with Crippen molar-refractivity contribution in [3.63, 3.8) is 0 Å². The third kappa shape index (κ3) is 9.45. The molecule has 2 rings (SSSR count). The standard InChI is InChI=1S/C27H34Cl3NO7S/c1-17(14-31(18(2)32)39(6,34)35)15-36-22-9-7-20(8-10-22)27(4,5)21-11-24(29)26(25(30)12-21)37-16-23(13-28)38-19(3)33/h7-12,17,23H,13-16H2,1-6H3/t17-,23+/m1/s1. The number of amides is 1. The number of sulfonamides is 1. The predicted octanol–water partition coefficient (Wildman–Crippen LogP) is 5.69. The van der Waals surface area contributed by atoms with Crippen molar-refractivity contribution in [3.8, 4) is 11.5 Å². The number of ether oxygens (including phenoxy) is 3. The van der Waals surface area contributed by atoms with Crippen LogP contribution in [0.4, 0.5) is 0 Å². The van der Waals surface area contributed by atoms with Gasteiger partial charge in [0.2, 0.25) is 15.9 Å². The summed E-state index contributed by atoms with van der Waals surface area (Å²) in [5.74, 6) is -0.253. The zero-order valence-corrected chi connectivity index (χ0v) is 25.9. The second kappa shape index (κ2) is 13.9. The first kappa shape index (κ1) is 33.0. The number of rotatable bonds is 13. The van der Waals surface area contributed by atoms with Crippen LogP contribution in [-0.2, 0) is 29.8 Å². The molecule has 0 unspecified atom stereocenters. The van der Waals surface area contributed by atoms with Gasteiger partial charge in [0.25, 0.3) is 0 Å². The van der Waals surface area contributed by atoms with E-state index < -0.39 is 33.4 Å². The molecule has 0 aliphatic carbocycles. The summed E-state index contributed by atoms with van der Waals surface area (Å²) in [5.41, 5.74) is 1.35. The molecule has 0 saturated carbocycles. The minimum absolute atomic E-state index is 0.00633. The van der Waals surface area contributed by atoms with E-state index in [1.54, 1.807) is 12.1 Å². The van der Waals surface area contributed by atoms with Gasteiger partial charge >= 0.3 is 5.97 Å². The maximum absolute atomic E-state index is 11.8. The fraction of sp³-hybridized carbons (Fsp3) is 0.481. The van der Waals surface area contributed by atoms with E-state index >= 15 is 0 Å². The molecule has 2 aromatic rings. The van der Waals surface area contributed by atoms with Gasteiger partial charge in [-0.2, -0.15) is 0 Å². The molecule has 0 N–H and O–H groups in total. The zero-order valence-electron chi connectivity index (χ0n) is 22.8. The Morgan fingerprint density at radius 3 is 2.00 bits per heavy atom. The van der Waals surface area contributed by atoms with Crippen molar-refractivity contribution in [1.29, 1.82) is 0 Å². The number of benzene rings is 2. The van der Waals surface area contributed by atoms with Gasteiger partial charge in [-0.3, -0.25) is 9.59 Å². The summed E-state index contributed by atoms with van der Waals surface area (Å²) in [6.07, 6.45) is 0.371. The van der Waals surface area contributed by atoms with Crippen molar-refractivity contribution >= 4 is 56.7 Å². The van der Waals surface area contributed by atoms with Crippen LogP contribution in [0, 0.1) is 5.92 Å². The lowest BCUT2D eigenvalue weighted by Crippen LogP contribution is -2.38. The topological polar surface area (TPSA) is 99.2 Å². The Morgan fingerprint density at radius 2 is 1.54 bits per heavy atom. The Morgan fingerprint density at radius 1 is 0.974 bits per heavy atom. The van der Waals surface area contributed by atoms with Gasteiger partial charge in [0.1, 0.15) is 18.5 Å². The Labute approximate surface area is 245 Å². The Kier molecular flexibility index (Phi) is 11.8. The van der Waals surface area contributed by atoms with E-state index in [0.29, 0.717) is 15.8 Å². The smallest absolute Gasteiger partial charge is 0.303 e. The number of carbonyl (C=O) groups excluding carboxylic acids is 2. The molecule has 0 bridgehead atoms. The quantitative estimate of drug-likeness (QED) is 0.209. The summed E-state index contributed by atoms with van der Waals surface area (Å²) < 4.78 is 41.1. The molecule has 0 saturated heterocycles. The van der Waals surface area contributed by atoms with Crippen molar-refractivity contribution in [3.05, 3.63) is 57.6 Å². The fourth-order valence-electron chi connectivity index (χ4n) is 3.79. The van der Waals surface area contributed by atoms with Crippen LogP contribution >= 0.6 is 34.8 Å². The van der Waals surface area contributed by atoms with Gasteiger partial charge in [0.15, 0.2) is 5.75 Å². The lowest BCUT2D eigenvalue weighted by molar-refractivity contribution is -0.146. The molecule has 0 fully saturated rings. The van der Waals surface area contributed by atoms with Crippen molar-refractivity contribution < 1.29 is 32.2 Å². The average molecular weight is 623 g/mol. The number of nitrogens with zero attached hydrogens (tertiary/aromatic N) is 1. The molecule has 12 heteroatoms. The first-order chi connectivity index (χ1) is 18.1. The van der Waals surface area contributed by atoms with E-state index in [1.807, 2.05) is 45.0 Å². The number of hydrogen-bond donors (Lipinski definition) is 0. The van der Waals surface area contributed by atoms with Gasteiger partial charge in [-0.05, 0) is 35.4 Å². The van der Waals surface area contributed by atoms with Crippen molar-refractivity contribution in [2.45, 2.75) is 46.1 Å². The molecule has 0 heterocycles. The molecular weight excluding hydrogens is 589 g/mol. The van der Waals surface area contributed by atoms with Gasteiger partial charge in [-0.1, -0.05) is 56.1 Å². The summed E-state index contributed by atoms with van der Waals surface area (Å²) in [4.78, 5) is 22.9. The number of carbonyl (C=O) groups is 2. The molecule has 2 atom stereocenters. The monoisotopic (exact) mass is 621 g/mol. The first-order valence-corrected chi connectivity index (χ1v) is 15.3. The molecule has 0 radical (unpaired) electrons. The lowest BCUT2D eigenvalue weighted by Gasteiger charge is -2.28. The average Bonchev–Trinajstić information content (AvgIpc) is 2.83. The van der Waals surface area contributed by atoms with E-state index in [-0.39, 0.29) is 37.3 Å². The minimum atomic E-state index is -3.63. The summed E-state index contributed by atoms with van der Waals surface area (Å²) in [5, 5.41) is 0.619. The van der Waals surface area contributed by atoms with E-state index in [4.69, 9.17) is 49.0 Å². The number of alkyl halides is 1. The maximum Gasteiger partial charge on any atom is 0.303 e. The Bertz CT molecular complexity index is 1240. The second-order valence-corrected chi connectivity index (χ2v) is 12.9. The Balaban J connectivity index is 2.10. The number of halogens is 3. The summed E-state index contributed by atoms with van der Waals surface area (Å²) in [6, 6.07) is 11.1. The summed E-state index contributed by atoms with van der Waals surface area (Å²) in [7, 11) is -3.63. The highest BCUT2D eigenvalue weighted by atomic mass is 35.5. The Hall–Kier alpha value is -2.20. The molecule has 1 amide bonds. The SMILES string of the molecule is CC(=O)O[C@@H](CCl)COc1c(Cl)cc(C(C)(C)c2ccc(OC[C@H](C)CN(C(C)=O)S(C)(=O)=O)cc2)cc1Cl. The summed E-state index contributed by atoms with van der Waals surface area (Å²) >= 11 is 18.9. The number of esters is 1. The predicted molar refractivity (Wildman–Crippen MR) is 154 cm³/mol. The van der Waals surface area contributed by atoms with Crippen molar-refractivity contribution in [2.24, 2.45) is 5.92 Å². The molecule has 216 valence electrons. The molecule has 8 nitrogen and oxygen atoms in total. The largest absolute Gasteiger partial charge is 0.493 e. The van der Waals surface area contributed by atoms with Crippen LogP contribution in [0.5, 0.6) is 11.5 Å². The lowest BCUT2D eigenvalue weighted by atomic mass is 9.78. The molecule has 0 aliphatic heterocycles. The van der Waals surface area contributed by atoms with Gasteiger partial charge in [-0.15, -0.1) is 11.6 Å². The fourth-order valence-corrected chi connectivity index (χ4v) is 5.53. The van der Waals surface area contributed by atoms with Gasteiger partial charge < -0.3 is 14.2 Å². The van der Waals surface area contributed by atoms with Gasteiger partial charge in [-0.25, -0.2) is 12.7 Å². The summed E-state index contributed by atoms with van der Waals surface area (Å²) in [6.45, 7) is 8.66. The van der Waals surface area contributed by atoms with Crippen LogP contribution in [0.1, 0.15) is 45.7 Å². The molecule has 39 heavy (non-hydrogen) atoms. The molecule has 0 aromatic heterocycles. The van der Waals surface area contributed by atoms with Gasteiger partial charge in [0, 0.05) is 31.7 Å². The van der Waals surface area contributed by atoms with Crippen molar-refractivity contribution in [2.75, 3.05) is 31.9 Å². The van der Waals surface area contributed by atoms with Crippen LogP contribution in [0.3, 0.4) is 0 Å². The van der Waals surface area contributed by atoms with Crippen LogP contribution in [0.15, 0.2) is 36.4 Å². The molecule has 2 aromatic carbocycles. The van der Waals surface area contributed by atoms with E-state index in [1.165, 1.54) is 13.8 Å². The van der Waals surface area contributed by atoms with Crippen LogP contribution in [0.2, 0.25) is 10.0 Å². The van der Waals surface area contributed by atoms with Crippen LogP contribution in [0.25, 0.3) is 0 Å². The van der Waals surface area contributed by atoms with E-state index in [0.717, 1.165) is 21.7 Å². The maximum atomic E-state index is 11.8. The molecule has 0 spiro atoms. The highest BCUT2D eigenvalue weighted by molar-refractivity contribution is 7.88. The third-order valence-electron chi connectivity index (χ3n) is 5.98. The number of hydrogen-bond acceptors (Lipinski definition) is 7. The van der Waals surface area contributed by atoms with E-state index in [9.17, 15) is 18.0 Å². The van der Waals surface area contributed by atoms with Crippen molar-refractivity contribution in [1.82, 2.24) is 4.31 Å². The molecule has 0 aliphatic rings. The highest BCUT2D eigenvalue weighted by Gasteiger charge is 2.27. The minimum Gasteiger partial charge on any atom is -0.493 e. The van der Waals surface area contributed by atoms with E-state index in [2.05, 4.69) is 0 Å². The zero-order chi connectivity index (χ0) is 29.5. The molecular formula is C27H34Cl3NO7S.